The number of aromatic nitrogens is 5. The summed E-state index contributed by atoms with van der Waals surface area (Å²) in [4.78, 5) is 34.5. The van der Waals surface area contributed by atoms with E-state index in [1.807, 2.05) is 12.1 Å². The van der Waals surface area contributed by atoms with E-state index in [1.165, 1.54) is 0 Å². The van der Waals surface area contributed by atoms with Crippen molar-refractivity contribution in [2.75, 3.05) is 31.0 Å². The van der Waals surface area contributed by atoms with E-state index in [4.69, 9.17) is 14.3 Å². The molecule has 2 aliphatic rings. The molecule has 3 heterocycles. The van der Waals surface area contributed by atoms with Crippen molar-refractivity contribution in [1.29, 1.82) is 0 Å². The molecule has 38 heavy (non-hydrogen) atoms. The maximum absolute atomic E-state index is 12.7. The largest absolute Gasteiger partial charge is 0.494 e. The van der Waals surface area contributed by atoms with Crippen LogP contribution in [-0.4, -0.2) is 57.1 Å². The number of para-hydroxylation sites is 1. The number of carbonyl (C=O) groups excluding carboxylic acids is 2. The number of hydroxylamine groups is 1. The molecule has 5 rings (SSSR count). The van der Waals surface area contributed by atoms with E-state index in [9.17, 15) is 9.59 Å². The van der Waals surface area contributed by atoms with Crippen molar-refractivity contribution in [3.63, 3.8) is 0 Å². The summed E-state index contributed by atoms with van der Waals surface area (Å²) in [5, 5.41) is 18.7. The lowest BCUT2D eigenvalue weighted by Crippen LogP contribution is -2.26. The number of ether oxygens (including phenoxy) is 2. The van der Waals surface area contributed by atoms with Gasteiger partial charge in [-0.3, -0.25) is 14.4 Å². The Labute approximate surface area is 219 Å². The average Bonchev–Trinajstić information content (AvgIpc) is 3.69. The van der Waals surface area contributed by atoms with Crippen LogP contribution >= 0.6 is 0 Å². The number of nitrogens with one attached hydrogen (secondary N) is 3. The number of hydrogen-bond donors (Lipinski definition) is 3. The molecule has 2 aromatic heterocycles. The average molecular weight is 523 g/mol. The van der Waals surface area contributed by atoms with Crippen LogP contribution in [0.2, 0.25) is 0 Å². The summed E-state index contributed by atoms with van der Waals surface area (Å²) in [6.07, 6.45) is 6.20. The van der Waals surface area contributed by atoms with E-state index in [1.54, 1.807) is 37.2 Å². The zero-order valence-corrected chi connectivity index (χ0v) is 21.3. The molecule has 1 aromatic carbocycles. The predicted molar refractivity (Wildman–Crippen MR) is 137 cm³/mol. The second kappa shape index (κ2) is 11.5. The molecule has 13 heteroatoms. The lowest BCUT2D eigenvalue weighted by atomic mass is 10.1. The Morgan fingerprint density at radius 2 is 2.03 bits per heavy atom. The summed E-state index contributed by atoms with van der Waals surface area (Å²) in [5.74, 6) is 0.424. The number of nitrogens with zero attached hydrogens (tertiary/aromatic N) is 5. The monoisotopic (exact) mass is 522 g/mol. The molecular weight excluding hydrogens is 492 g/mol. The number of anilines is 3. The zero-order valence-electron chi connectivity index (χ0n) is 21.3. The first-order valence-corrected chi connectivity index (χ1v) is 12.6. The van der Waals surface area contributed by atoms with Crippen LogP contribution in [0.1, 0.15) is 55.7 Å². The third-order valence-electron chi connectivity index (χ3n) is 6.21. The van der Waals surface area contributed by atoms with Gasteiger partial charge in [-0.25, -0.2) is 15.1 Å². The molecule has 0 radical (unpaired) electrons. The van der Waals surface area contributed by atoms with Crippen LogP contribution < -0.4 is 20.9 Å². The van der Waals surface area contributed by atoms with Crippen LogP contribution in [0.15, 0.2) is 30.6 Å². The molecule has 1 saturated carbocycles. The Kier molecular flexibility index (Phi) is 7.75. The van der Waals surface area contributed by atoms with Crippen molar-refractivity contribution in [2.24, 2.45) is 5.92 Å². The second-order valence-electron chi connectivity index (χ2n) is 9.00. The van der Waals surface area contributed by atoms with Crippen LogP contribution in [0, 0.1) is 5.92 Å². The summed E-state index contributed by atoms with van der Waals surface area (Å²) in [6, 6.07) is 7.01. The Morgan fingerprint density at radius 1 is 1.16 bits per heavy atom. The highest BCUT2D eigenvalue weighted by Gasteiger charge is 2.30. The van der Waals surface area contributed by atoms with Crippen molar-refractivity contribution in [3.05, 3.63) is 36.3 Å². The van der Waals surface area contributed by atoms with Crippen LogP contribution in [0.4, 0.5) is 17.2 Å². The Balaban J connectivity index is 1.45. The van der Waals surface area contributed by atoms with E-state index in [2.05, 4.69) is 36.4 Å². The summed E-state index contributed by atoms with van der Waals surface area (Å²) in [5.41, 5.74) is 3.79. The molecule has 0 spiro atoms. The van der Waals surface area contributed by atoms with E-state index in [0.29, 0.717) is 35.1 Å². The fourth-order valence-corrected chi connectivity index (χ4v) is 4.12. The number of benzene rings is 1. The molecule has 0 bridgehead atoms. The van der Waals surface area contributed by atoms with Gasteiger partial charge < -0.3 is 20.1 Å². The van der Waals surface area contributed by atoms with E-state index < -0.39 is 5.91 Å². The van der Waals surface area contributed by atoms with Gasteiger partial charge in [-0.05, 0) is 51.2 Å². The molecule has 1 unspecified atom stereocenters. The van der Waals surface area contributed by atoms with E-state index >= 15 is 0 Å². The molecule has 1 aliphatic carbocycles. The smallest absolute Gasteiger partial charge is 0.297 e. The third kappa shape index (κ3) is 5.73. The summed E-state index contributed by atoms with van der Waals surface area (Å²) in [6.45, 7) is 2.72. The maximum atomic E-state index is 12.7. The highest BCUT2D eigenvalue weighted by molar-refractivity contribution is 5.99. The van der Waals surface area contributed by atoms with Gasteiger partial charge in [0, 0.05) is 18.6 Å². The molecule has 200 valence electrons. The molecule has 1 saturated heterocycles. The maximum Gasteiger partial charge on any atom is 0.297 e. The topological polar surface area (TPSA) is 154 Å². The molecule has 2 fully saturated rings. The Morgan fingerprint density at radius 3 is 2.76 bits per heavy atom. The Bertz CT molecular complexity index is 1300. The first-order valence-electron chi connectivity index (χ1n) is 12.6. The lowest BCUT2D eigenvalue weighted by Gasteiger charge is -2.22. The fraction of sp³-hybridized carbons (Fsp3) is 0.440. The molecule has 2 amide bonds. The van der Waals surface area contributed by atoms with Crippen molar-refractivity contribution in [3.8, 4) is 17.1 Å². The molecule has 13 nitrogen and oxygen atoms in total. The van der Waals surface area contributed by atoms with Crippen LogP contribution in [0.5, 0.6) is 5.75 Å². The summed E-state index contributed by atoms with van der Waals surface area (Å²) >= 11 is 0. The summed E-state index contributed by atoms with van der Waals surface area (Å²) < 4.78 is 13.3. The fourth-order valence-electron chi connectivity index (χ4n) is 4.12. The number of rotatable bonds is 10. The molecule has 1 atom stereocenters. The zero-order chi connectivity index (χ0) is 26.5. The standard InChI is InChI=1S/C25H30N8O5/c1-3-38-32-25(35)21-18(13-19(29-30-21)28-24(34)15-10-11-15)27-17-8-6-7-16(22(17)36-2)23-26-14-33(31-23)20-9-4-5-12-37-20/h6-8,13-15,20H,3-5,9-12H2,1-2H3,(H,32,35)(H2,27,28,29,34). The van der Waals surface area contributed by atoms with Gasteiger partial charge in [0.1, 0.15) is 6.33 Å². The summed E-state index contributed by atoms with van der Waals surface area (Å²) in [7, 11) is 1.54. The van der Waals surface area contributed by atoms with Gasteiger partial charge in [-0.15, -0.1) is 15.3 Å². The van der Waals surface area contributed by atoms with Crippen molar-refractivity contribution >= 4 is 29.0 Å². The van der Waals surface area contributed by atoms with Crippen molar-refractivity contribution in [2.45, 2.75) is 45.3 Å². The SMILES string of the molecule is CCONC(=O)c1nnc(NC(=O)C2CC2)cc1Nc1cccc(-c2ncn(C3CCCCO3)n2)c1OC. The quantitative estimate of drug-likeness (QED) is 0.338. The van der Waals surface area contributed by atoms with Gasteiger partial charge in [0.15, 0.2) is 29.3 Å². The number of amides is 2. The van der Waals surface area contributed by atoms with Gasteiger partial charge in [-0.1, -0.05) is 6.07 Å². The minimum Gasteiger partial charge on any atom is -0.494 e. The first-order chi connectivity index (χ1) is 18.6. The number of methoxy groups -OCH3 is 1. The molecular formula is C25H30N8O5. The van der Waals surface area contributed by atoms with E-state index in [-0.39, 0.29) is 36.2 Å². The van der Waals surface area contributed by atoms with Crippen LogP contribution in [0.25, 0.3) is 11.4 Å². The van der Waals surface area contributed by atoms with Crippen molar-refractivity contribution < 1.29 is 23.9 Å². The molecule has 1 aliphatic heterocycles. The third-order valence-corrected chi connectivity index (χ3v) is 6.21. The van der Waals surface area contributed by atoms with Gasteiger partial charge in [0.2, 0.25) is 5.91 Å². The first kappa shape index (κ1) is 25.5. The normalized spacial score (nSPS) is 17.1. The van der Waals surface area contributed by atoms with Gasteiger partial charge in [0.25, 0.3) is 5.91 Å². The highest BCUT2D eigenvalue weighted by Crippen LogP contribution is 2.38. The minimum absolute atomic E-state index is 0.0165. The van der Waals surface area contributed by atoms with Gasteiger partial charge in [-0.2, -0.15) is 0 Å². The molecule has 3 aromatic rings. The van der Waals surface area contributed by atoms with E-state index in [0.717, 1.165) is 32.1 Å². The van der Waals surface area contributed by atoms with Gasteiger partial charge in [0.05, 0.1) is 30.7 Å². The minimum atomic E-state index is -0.593. The Hall–Kier alpha value is -4.10. The second-order valence-corrected chi connectivity index (χ2v) is 9.00. The van der Waals surface area contributed by atoms with Crippen molar-refractivity contribution in [1.82, 2.24) is 30.4 Å². The predicted octanol–water partition coefficient (Wildman–Crippen LogP) is 3.22. The molecule has 3 N–H and O–H groups in total. The van der Waals surface area contributed by atoms with Crippen LogP contribution in [0.3, 0.4) is 0 Å². The van der Waals surface area contributed by atoms with Gasteiger partial charge >= 0.3 is 0 Å². The number of carbonyl (C=O) groups is 2. The lowest BCUT2D eigenvalue weighted by molar-refractivity contribution is -0.117. The highest BCUT2D eigenvalue weighted by atomic mass is 16.6. The van der Waals surface area contributed by atoms with Crippen LogP contribution in [-0.2, 0) is 14.4 Å². The number of hydrogen-bond acceptors (Lipinski definition) is 10.